The number of hydrogen-bond acceptors (Lipinski definition) is 8. The number of ketones is 1. The van der Waals surface area contributed by atoms with E-state index >= 15 is 0 Å². The predicted octanol–water partition coefficient (Wildman–Crippen LogP) is 3.22. The molecule has 0 fully saturated rings. The third kappa shape index (κ3) is 4.68. The number of hydrogen-bond donors (Lipinski definition) is 1. The van der Waals surface area contributed by atoms with Gasteiger partial charge in [0, 0.05) is 32.1 Å². The maximum atomic E-state index is 13.5. The zero-order valence-electron chi connectivity index (χ0n) is 16.5. The van der Waals surface area contributed by atoms with Crippen molar-refractivity contribution in [2.45, 2.75) is 19.3 Å². The van der Waals surface area contributed by atoms with Crippen molar-refractivity contribution in [3.8, 4) is 5.75 Å². The quantitative estimate of drug-likeness (QED) is 0.648. The van der Waals surface area contributed by atoms with Crippen LogP contribution in [0.4, 0.5) is 14.6 Å². The zero-order chi connectivity index (χ0) is 21.8. The van der Waals surface area contributed by atoms with E-state index in [4.69, 9.17) is 4.74 Å². The fourth-order valence-corrected chi connectivity index (χ4v) is 3.04. The van der Waals surface area contributed by atoms with Crippen molar-refractivity contribution >= 4 is 28.7 Å². The number of aromatic nitrogens is 4. The maximum Gasteiger partial charge on any atom is 0.264 e. The fraction of sp³-hybridized carbons (Fsp3) is 0.238. The van der Waals surface area contributed by atoms with E-state index in [2.05, 4.69) is 30.2 Å². The van der Waals surface area contributed by atoms with E-state index in [0.717, 1.165) is 11.6 Å². The SMILES string of the molecule is CC(F)(F)C1C=CN=C(Oc2ccc(CCNc3ncnc4nccnc34)cc2)C1=O. The number of carbonyl (C=O) groups is 1. The van der Waals surface area contributed by atoms with E-state index in [-0.39, 0.29) is 5.90 Å². The van der Waals surface area contributed by atoms with E-state index < -0.39 is 17.6 Å². The Bertz CT molecular complexity index is 1150. The van der Waals surface area contributed by atoms with Gasteiger partial charge in [0.05, 0.1) is 0 Å². The smallest absolute Gasteiger partial charge is 0.264 e. The van der Waals surface area contributed by atoms with Gasteiger partial charge in [-0.1, -0.05) is 12.1 Å². The molecule has 1 aromatic carbocycles. The molecule has 158 valence electrons. The number of alkyl halides is 2. The lowest BCUT2D eigenvalue weighted by Gasteiger charge is -2.21. The number of carbonyl (C=O) groups excluding carboxylic acids is 1. The number of benzene rings is 1. The van der Waals surface area contributed by atoms with Crippen molar-refractivity contribution in [1.82, 2.24) is 19.9 Å². The number of fused-ring (bicyclic) bond motifs is 1. The highest BCUT2D eigenvalue weighted by atomic mass is 19.3. The van der Waals surface area contributed by atoms with E-state index in [1.807, 2.05) is 12.1 Å². The highest BCUT2D eigenvalue weighted by molar-refractivity contribution is 6.38. The molecule has 0 amide bonds. The molecule has 0 bridgehead atoms. The fourth-order valence-electron chi connectivity index (χ4n) is 3.04. The molecule has 1 atom stereocenters. The first-order valence-corrected chi connectivity index (χ1v) is 9.51. The summed E-state index contributed by atoms with van der Waals surface area (Å²) in [6, 6.07) is 6.97. The zero-order valence-corrected chi connectivity index (χ0v) is 16.5. The van der Waals surface area contributed by atoms with Crippen LogP contribution in [0.25, 0.3) is 11.2 Å². The van der Waals surface area contributed by atoms with Gasteiger partial charge in [-0.25, -0.2) is 33.7 Å². The Hall–Kier alpha value is -3.82. The van der Waals surface area contributed by atoms with Crippen molar-refractivity contribution < 1.29 is 18.3 Å². The van der Waals surface area contributed by atoms with E-state index in [9.17, 15) is 13.6 Å². The number of ether oxygens (including phenoxy) is 1. The summed E-state index contributed by atoms with van der Waals surface area (Å²) in [4.78, 5) is 32.7. The molecule has 0 saturated carbocycles. The lowest BCUT2D eigenvalue weighted by molar-refractivity contribution is -0.125. The van der Waals surface area contributed by atoms with Crippen LogP contribution in [0.15, 0.2) is 60.3 Å². The summed E-state index contributed by atoms with van der Waals surface area (Å²) in [6.45, 7) is 1.29. The van der Waals surface area contributed by atoms with Crippen LogP contribution in [0.2, 0.25) is 0 Å². The number of nitrogens with zero attached hydrogens (tertiary/aromatic N) is 5. The summed E-state index contributed by atoms with van der Waals surface area (Å²) >= 11 is 0. The van der Waals surface area contributed by atoms with Gasteiger partial charge in [0.1, 0.15) is 23.5 Å². The second kappa shape index (κ2) is 8.50. The minimum absolute atomic E-state index is 0.342. The van der Waals surface area contributed by atoms with Crippen LogP contribution in [0.1, 0.15) is 12.5 Å². The Morgan fingerprint density at radius 3 is 2.65 bits per heavy atom. The lowest BCUT2D eigenvalue weighted by atomic mass is 9.96. The Balaban J connectivity index is 1.35. The molecule has 1 N–H and O–H groups in total. The molecular weight excluding hydrogens is 406 g/mol. The minimum Gasteiger partial charge on any atom is -0.436 e. The highest BCUT2D eigenvalue weighted by Gasteiger charge is 2.41. The molecule has 0 radical (unpaired) electrons. The third-order valence-electron chi connectivity index (χ3n) is 4.62. The normalized spacial score (nSPS) is 16.3. The summed E-state index contributed by atoms with van der Waals surface area (Å²) in [5.41, 5.74) is 2.11. The molecule has 2 aromatic heterocycles. The Labute approximate surface area is 176 Å². The van der Waals surface area contributed by atoms with Crippen LogP contribution >= 0.6 is 0 Å². The summed E-state index contributed by atoms with van der Waals surface area (Å²) < 4.78 is 32.5. The van der Waals surface area contributed by atoms with Crippen molar-refractivity contribution in [3.63, 3.8) is 0 Å². The number of aliphatic imine (C=N–C) groups is 1. The van der Waals surface area contributed by atoms with Gasteiger partial charge in [-0.05, 0) is 30.2 Å². The van der Waals surface area contributed by atoms with Crippen molar-refractivity contribution in [3.05, 3.63) is 60.8 Å². The van der Waals surface area contributed by atoms with Gasteiger partial charge < -0.3 is 10.1 Å². The summed E-state index contributed by atoms with van der Waals surface area (Å²) in [5, 5.41) is 3.21. The number of nitrogens with one attached hydrogen (secondary N) is 1. The van der Waals surface area contributed by atoms with Crippen LogP contribution < -0.4 is 10.1 Å². The first kappa shape index (κ1) is 20.5. The second-order valence-electron chi connectivity index (χ2n) is 6.95. The number of halogens is 2. The molecule has 3 aromatic rings. The molecule has 0 spiro atoms. The van der Waals surface area contributed by atoms with E-state index in [0.29, 0.717) is 42.6 Å². The molecule has 10 heteroatoms. The largest absolute Gasteiger partial charge is 0.436 e. The topological polar surface area (TPSA) is 102 Å². The predicted molar refractivity (Wildman–Crippen MR) is 110 cm³/mol. The first-order valence-electron chi connectivity index (χ1n) is 9.51. The second-order valence-corrected chi connectivity index (χ2v) is 6.95. The molecule has 8 nitrogen and oxygen atoms in total. The third-order valence-corrected chi connectivity index (χ3v) is 4.62. The molecule has 0 aliphatic carbocycles. The molecular formula is C21H18F2N6O2. The Morgan fingerprint density at radius 2 is 1.87 bits per heavy atom. The minimum atomic E-state index is -3.18. The average Bonchev–Trinajstić information content (AvgIpc) is 2.76. The lowest BCUT2D eigenvalue weighted by Crippen LogP contribution is -2.38. The maximum absolute atomic E-state index is 13.5. The first-order chi connectivity index (χ1) is 14.9. The van der Waals surface area contributed by atoms with Crippen molar-refractivity contribution in [2.75, 3.05) is 11.9 Å². The van der Waals surface area contributed by atoms with E-state index in [1.165, 1.54) is 12.5 Å². The standard InChI is InChI=1S/C21H18F2N6O2/c1-21(22,23)15-7-9-27-20(17(15)30)31-14-4-2-13(3-5-14)6-8-25-18-16-19(29-12-28-18)26-11-10-24-16/h2-5,7,9-12,15H,6,8H2,1H3,(H,25,26,28,29). The number of Topliss-reactive ketones (excluding diaryl/α,β-unsaturated/α-hetero) is 1. The summed E-state index contributed by atoms with van der Waals surface area (Å²) in [7, 11) is 0. The molecule has 3 heterocycles. The molecule has 1 unspecified atom stereocenters. The van der Waals surface area contributed by atoms with Gasteiger partial charge >= 0.3 is 0 Å². The van der Waals surface area contributed by atoms with Gasteiger partial charge in [0.15, 0.2) is 11.5 Å². The van der Waals surface area contributed by atoms with Crippen LogP contribution in [0.3, 0.4) is 0 Å². The summed E-state index contributed by atoms with van der Waals surface area (Å²) in [5.74, 6) is -5.01. The number of rotatable bonds is 6. The monoisotopic (exact) mass is 424 g/mol. The van der Waals surface area contributed by atoms with Crippen LogP contribution in [-0.4, -0.2) is 44.1 Å². The number of anilines is 1. The van der Waals surface area contributed by atoms with Crippen molar-refractivity contribution in [2.24, 2.45) is 10.9 Å². The molecule has 1 aliphatic rings. The Kier molecular flexibility index (Phi) is 5.61. The summed E-state index contributed by atoms with van der Waals surface area (Å²) in [6.07, 6.45) is 7.50. The average molecular weight is 424 g/mol. The van der Waals surface area contributed by atoms with Gasteiger partial charge in [0.25, 0.3) is 11.8 Å². The Morgan fingerprint density at radius 1 is 1.10 bits per heavy atom. The van der Waals surface area contributed by atoms with Gasteiger partial charge in [0.2, 0.25) is 5.78 Å². The molecule has 4 rings (SSSR count). The molecule has 1 aliphatic heterocycles. The van der Waals surface area contributed by atoms with Gasteiger partial charge in [-0.3, -0.25) is 4.79 Å². The molecule has 0 saturated heterocycles. The number of allylic oxidation sites excluding steroid dienone is 1. The van der Waals surface area contributed by atoms with Crippen LogP contribution in [-0.2, 0) is 11.2 Å². The van der Waals surface area contributed by atoms with Gasteiger partial charge in [-0.2, -0.15) is 0 Å². The highest BCUT2D eigenvalue weighted by Crippen LogP contribution is 2.28. The van der Waals surface area contributed by atoms with Crippen molar-refractivity contribution in [1.29, 1.82) is 0 Å². The molecule has 31 heavy (non-hydrogen) atoms. The van der Waals surface area contributed by atoms with Crippen LogP contribution in [0.5, 0.6) is 5.75 Å². The van der Waals surface area contributed by atoms with Gasteiger partial charge in [-0.15, -0.1) is 0 Å². The van der Waals surface area contributed by atoms with Crippen LogP contribution in [0, 0.1) is 5.92 Å². The van der Waals surface area contributed by atoms with E-state index in [1.54, 1.807) is 24.5 Å².